The van der Waals surface area contributed by atoms with Crippen LogP contribution in [0.2, 0.25) is 0 Å². The fraction of sp³-hybridized carbons (Fsp3) is 0.350. The Morgan fingerprint density at radius 1 is 1.04 bits per heavy atom. The van der Waals surface area contributed by atoms with Crippen LogP contribution < -0.4 is 4.74 Å². The molecule has 1 aliphatic carbocycles. The van der Waals surface area contributed by atoms with Gasteiger partial charge in [-0.25, -0.2) is 4.39 Å². The van der Waals surface area contributed by atoms with Crippen molar-refractivity contribution in [2.75, 3.05) is 7.11 Å². The Bertz CT molecular complexity index is 759. The van der Waals surface area contributed by atoms with Gasteiger partial charge in [0.25, 0.3) is 0 Å². The minimum absolute atomic E-state index is 0.161. The Balaban J connectivity index is 1.85. The molecule has 0 aliphatic heterocycles. The first-order valence-electron chi connectivity index (χ1n) is 8.06. The fourth-order valence-electron chi connectivity index (χ4n) is 3.56. The number of rotatable bonds is 3. The van der Waals surface area contributed by atoms with Crippen molar-refractivity contribution in [2.24, 2.45) is 0 Å². The Morgan fingerprint density at radius 2 is 1.71 bits per heavy atom. The molecule has 0 spiro atoms. The minimum atomic E-state index is -1.11. The number of benzene rings is 2. The Kier molecular flexibility index (Phi) is 4.29. The van der Waals surface area contributed by atoms with Crippen LogP contribution in [0.5, 0.6) is 5.75 Å². The molecule has 1 saturated carbocycles. The largest absolute Gasteiger partial charge is 0.494 e. The maximum atomic E-state index is 14.0. The summed E-state index contributed by atoms with van der Waals surface area (Å²) in [6, 6.07) is 16.7. The van der Waals surface area contributed by atoms with E-state index in [2.05, 4.69) is 6.07 Å². The number of hydrogen-bond donors (Lipinski definition) is 1. The van der Waals surface area contributed by atoms with Crippen molar-refractivity contribution in [3.8, 4) is 11.8 Å². The number of aliphatic hydroxyl groups is 1. The molecule has 0 saturated heterocycles. The highest BCUT2D eigenvalue weighted by molar-refractivity contribution is 5.37. The van der Waals surface area contributed by atoms with E-state index in [4.69, 9.17) is 4.74 Å². The molecule has 0 unspecified atom stereocenters. The molecule has 2 aromatic carbocycles. The van der Waals surface area contributed by atoms with Crippen molar-refractivity contribution in [3.05, 3.63) is 65.5 Å². The van der Waals surface area contributed by atoms with Gasteiger partial charge in [0.15, 0.2) is 11.6 Å². The number of ether oxygens (including phenoxy) is 1. The molecule has 0 radical (unpaired) electrons. The molecule has 0 amide bonds. The zero-order valence-electron chi connectivity index (χ0n) is 13.6. The van der Waals surface area contributed by atoms with Crippen molar-refractivity contribution < 1.29 is 14.2 Å². The van der Waals surface area contributed by atoms with E-state index in [-0.39, 0.29) is 5.75 Å². The van der Waals surface area contributed by atoms with E-state index < -0.39 is 16.8 Å². The summed E-state index contributed by atoms with van der Waals surface area (Å²) in [5.74, 6) is -0.322. The molecule has 24 heavy (non-hydrogen) atoms. The van der Waals surface area contributed by atoms with Crippen LogP contribution in [0.3, 0.4) is 0 Å². The predicted molar refractivity (Wildman–Crippen MR) is 89.0 cm³/mol. The second-order valence-electron chi connectivity index (χ2n) is 6.44. The summed E-state index contributed by atoms with van der Waals surface area (Å²) in [6.45, 7) is 0. The smallest absolute Gasteiger partial charge is 0.165 e. The van der Waals surface area contributed by atoms with Gasteiger partial charge < -0.3 is 9.84 Å². The second kappa shape index (κ2) is 6.26. The van der Waals surface area contributed by atoms with Crippen molar-refractivity contribution in [3.63, 3.8) is 0 Å². The summed E-state index contributed by atoms with van der Waals surface area (Å²) in [5, 5.41) is 20.7. The van der Waals surface area contributed by atoms with E-state index in [1.165, 1.54) is 19.2 Å². The van der Waals surface area contributed by atoms with Gasteiger partial charge in [0.05, 0.1) is 24.2 Å². The monoisotopic (exact) mass is 325 g/mol. The van der Waals surface area contributed by atoms with Crippen LogP contribution in [0.4, 0.5) is 4.39 Å². The molecule has 4 heteroatoms. The maximum absolute atomic E-state index is 14.0. The maximum Gasteiger partial charge on any atom is 0.165 e. The van der Waals surface area contributed by atoms with Crippen molar-refractivity contribution in [2.45, 2.75) is 36.7 Å². The first kappa shape index (κ1) is 16.5. The lowest BCUT2D eigenvalue weighted by Gasteiger charge is -2.41. The fourth-order valence-corrected chi connectivity index (χ4v) is 3.56. The minimum Gasteiger partial charge on any atom is -0.494 e. The van der Waals surface area contributed by atoms with E-state index in [1.807, 2.05) is 30.3 Å². The zero-order chi connectivity index (χ0) is 17.2. The average Bonchev–Trinajstić information content (AvgIpc) is 2.63. The van der Waals surface area contributed by atoms with Gasteiger partial charge in [-0.2, -0.15) is 5.26 Å². The standard InChI is InChI=1S/C20H20FNO2/c1-24-18-8-7-16(13-17(18)21)20(23)11-9-19(14-22,10-12-20)15-5-3-2-4-6-15/h2-8,13,23H,9-12H2,1H3. The van der Waals surface area contributed by atoms with Crippen LogP contribution in [0.25, 0.3) is 0 Å². The topological polar surface area (TPSA) is 53.2 Å². The molecule has 0 heterocycles. The molecule has 3 rings (SSSR count). The molecule has 0 aromatic heterocycles. The molecular weight excluding hydrogens is 305 g/mol. The van der Waals surface area contributed by atoms with E-state index >= 15 is 0 Å². The van der Waals surface area contributed by atoms with Crippen LogP contribution in [-0.4, -0.2) is 12.2 Å². The van der Waals surface area contributed by atoms with Crippen molar-refractivity contribution in [1.82, 2.24) is 0 Å². The average molecular weight is 325 g/mol. The Morgan fingerprint density at radius 3 is 2.25 bits per heavy atom. The first-order chi connectivity index (χ1) is 11.5. The molecule has 1 fully saturated rings. The third-order valence-electron chi connectivity index (χ3n) is 5.16. The quantitative estimate of drug-likeness (QED) is 0.926. The SMILES string of the molecule is COc1ccc(C2(O)CCC(C#N)(c3ccccc3)CC2)cc1F. The summed E-state index contributed by atoms with van der Waals surface area (Å²) >= 11 is 0. The number of nitrogens with zero attached hydrogens (tertiary/aromatic N) is 1. The summed E-state index contributed by atoms with van der Waals surface area (Å²) < 4.78 is 18.9. The third-order valence-corrected chi connectivity index (χ3v) is 5.16. The lowest BCUT2D eigenvalue weighted by molar-refractivity contribution is -0.0140. The summed E-state index contributed by atoms with van der Waals surface area (Å²) in [7, 11) is 1.41. The highest BCUT2D eigenvalue weighted by Gasteiger charge is 2.44. The summed E-state index contributed by atoms with van der Waals surface area (Å²) in [5.41, 5.74) is -0.170. The highest BCUT2D eigenvalue weighted by Crippen LogP contribution is 2.47. The van der Waals surface area contributed by atoms with Gasteiger partial charge in [0.2, 0.25) is 0 Å². The molecule has 0 bridgehead atoms. The molecule has 124 valence electrons. The second-order valence-corrected chi connectivity index (χ2v) is 6.44. The highest BCUT2D eigenvalue weighted by atomic mass is 19.1. The van der Waals surface area contributed by atoms with Gasteiger partial charge in [-0.1, -0.05) is 36.4 Å². The van der Waals surface area contributed by atoms with Crippen LogP contribution in [0, 0.1) is 17.1 Å². The van der Waals surface area contributed by atoms with E-state index in [0.29, 0.717) is 31.2 Å². The number of hydrogen-bond acceptors (Lipinski definition) is 3. The van der Waals surface area contributed by atoms with Gasteiger partial charge in [-0.15, -0.1) is 0 Å². The molecule has 1 aliphatic rings. The molecular formula is C20H20FNO2. The Hall–Kier alpha value is -2.38. The van der Waals surface area contributed by atoms with Gasteiger partial charge >= 0.3 is 0 Å². The van der Waals surface area contributed by atoms with E-state index in [9.17, 15) is 14.8 Å². The lowest BCUT2D eigenvalue weighted by Crippen LogP contribution is -2.39. The Labute approximate surface area is 141 Å². The lowest BCUT2D eigenvalue weighted by atomic mass is 9.64. The van der Waals surface area contributed by atoms with Gasteiger partial charge in [0.1, 0.15) is 0 Å². The van der Waals surface area contributed by atoms with Crippen molar-refractivity contribution in [1.29, 1.82) is 5.26 Å². The van der Waals surface area contributed by atoms with Crippen LogP contribution in [-0.2, 0) is 11.0 Å². The molecule has 1 N–H and O–H groups in total. The van der Waals surface area contributed by atoms with Gasteiger partial charge in [0, 0.05) is 0 Å². The number of nitriles is 1. The zero-order valence-corrected chi connectivity index (χ0v) is 13.6. The normalized spacial score (nSPS) is 26.6. The summed E-state index contributed by atoms with van der Waals surface area (Å²) in [4.78, 5) is 0. The third kappa shape index (κ3) is 2.76. The van der Waals surface area contributed by atoms with E-state index in [1.54, 1.807) is 6.07 Å². The predicted octanol–water partition coefficient (Wildman–Crippen LogP) is 4.06. The number of halogens is 1. The van der Waals surface area contributed by atoms with Gasteiger partial charge in [-0.05, 0) is 48.9 Å². The molecule has 0 atom stereocenters. The molecule has 2 aromatic rings. The number of methoxy groups -OCH3 is 1. The molecule has 3 nitrogen and oxygen atoms in total. The first-order valence-corrected chi connectivity index (χ1v) is 8.06. The van der Waals surface area contributed by atoms with Crippen LogP contribution >= 0.6 is 0 Å². The van der Waals surface area contributed by atoms with Crippen LogP contribution in [0.1, 0.15) is 36.8 Å². The summed E-state index contributed by atoms with van der Waals surface area (Å²) in [6.07, 6.45) is 1.91. The van der Waals surface area contributed by atoms with Crippen LogP contribution in [0.15, 0.2) is 48.5 Å². The van der Waals surface area contributed by atoms with Crippen molar-refractivity contribution >= 4 is 0 Å². The van der Waals surface area contributed by atoms with Gasteiger partial charge in [-0.3, -0.25) is 0 Å². The van der Waals surface area contributed by atoms with E-state index in [0.717, 1.165) is 5.56 Å².